The van der Waals surface area contributed by atoms with Crippen LogP contribution in [0.5, 0.6) is 0 Å². The van der Waals surface area contributed by atoms with Crippen molar-refractivity contribution in [2.24, 2.45) is 0 Å². The molecular weight excluding hydrogens is 147 g/mol. The van der Waals surface area contributed by atoms with E-state index in [-0.39, 0.29) is 28.0 Å². The zero-order valence-electron chi connectivity index (χ0n) is 2.13. The van der Waals surface area contributed by atoms with Crippen molar-refractivity contribution in [2.45, 2.75) is 0 Å². The van der Waals surface area contributed by atoms with E-state index in [0.29, 0.717) is 0 Å². The van der Waals surface area contributed by atoms with E-state index in [4.69, 9.17) is 4.66 Å². The quantitative estimate of drug-likeness (QED) is 0.420. The van der Waals surface area contributed by atoms with Crippen molar-refractivity contribution in [3.05, 3.63) is 0 Å². The average molecular weight is 152 g/mol. The smallest absolute Gasteiger partial charge is 0.0579 e. The van der Waals surface area contributed by atoms with E-state index in [1.165, 1.54) is 0 Å². The summed E-state index contributed by atoms with van der Waals surface area (Å²) in [6.07, 6.45) is 0. The summed E-state index contributed by atoms with van der Waals surface area (Å²) < 4.78 is 6.47. The van der Waals surface area contributed by atoms with E-state index in [2.05, 4.69) is 11.9 Å². The van der Waals surface area contributed by atoms with Gasteiger partial charge in [0.1, 0.15) is 0 Å². The molecule has 0 atom stereocenters. The molecule has 0 saturated carbocycles. The van der Waals surface area contributed by atoms with Gasteiger partial charge in [-0.2, -0.15) is 0 Å². The van der Waals surface area contributed by atoms with Crippen molar-refractivity contribution in [2.75, 3.05) is 0 Å². The van der Waals surface area contributed by atoms with E-state index in [9.17, 15) is 0 Å². The van der Waals surface area contributed by atoms with Gasteiger partial charge in [-0.25, -0.2) is 0 Å². The zero-order chi connectivity index (χ0) is 2.00. The van der Waals surface area contributed by atoms with Gasteiger partial charge >= 0.3 is 0 Å². The minimum Gasteiger partial charge on any atom is -0.412 e. The van der Waals surface area contributed by atoms with Crippen LogP contribution >= 0.6 is 11.9 Å². The minimum absolute atomic E-state index is 0. The van der Waals surface area contributed by atoms with Gasteiger partial charge in [0.15, 0.2) is 0 Å². The third kappa shape index (κ3) is 71.4. The van der Waals surface area contributed by atoms with Crippen molar-refractivity contribution in [1.29, 1.82) is 0 Å². The van der Waals surface area contributed by atoms with Crippen LogP contribution in [-0.4, -0.2) is 15.6 Å². The van der Waals surface area contributed by atoms with Crippen LogP contribution in [0.2, 0.25) is 0 Å². The maximum absolute atomic E-state index is 6.47. The molecule has 0 bridgehead atoms. The van der Waals surface area contributed by atoms with Crippen molar-refractivity contribution in [3.8, 4) is 0 Å². The molecule has 0 aliphatic rings. The van der Waals surface area contributed by atoms with Crippen LogP contribution in [0.25, 0.3) is 0 Å². The first-order valence-electron chi connectivity index (χ1n) is 0.169. The molecule has 0 unspecified atom stereocenters. The zero-order valence-corrected chi connectivity index (χ0v) is 3.82. The molecule has 0 aliphatic heterocycles. The molecule has 0 aromatic heterocycles. The number of halogens is 1. The first kappa shape index (κ1) is 43.8. The van der Waals surface area contributed by atoms with Gasteiger partial charge in [-0.1, -0.05) is 0 Å². The maximum atomic E-state index is 6.47. The molecule has 41 valence electrons. The first-order chi connectivity index (χ1) is 1.00. The van der Waals surface area contributed by atoms with E-state index in [1.807, 2.05) is 0 Å². The fourth-order valence-electron chi connectivity index (χ4n) is 0. The predicted octanol–water partition coefficient (Wildman–Crippen LogP) is -1.52. The van der Waals surface area contributed by atoms with Gasteiger partial charge in [0.25, 0.3) is 0 Å². The van der Waals surface area contributed by atoms with Crippen LogP contribution in [0.3, 0.4) is 0 Å². The van der Waals surface area contributed by atoms with Crippen LogP contribution in [0.1, 0.15) is 0 Å². The third-order valence-corrected chi connectivity index (χ3v) is 0. The summed E-state index contributed by atoms with van der Waals surface area (Å²) in [6, 6.07) is 0. The van der Waals surface area contributed by atoms with Gasteiger partial charge in [0, 0.05) is 17.1 Å². The molecule has 0 fully saturated rings. The average Bonchev–Trinajstić information content (AvgIpc) is 1.00. The largest absolute Gasteiger partial charge is 0.412 e. The Morgan fingerprint density at radius 1 is 1.00 bits per heavy atom. The van der Waals surface area contributed by atoms with Gasteiger partial charge in [-0.3, -0.25) is 4.66 Å². The van der Waals surface area contributed by atoms with Crippen LogP contribution in [0, 0.1) is 0 Å². The maximum Gasteiger partial charge on any atom is 0.0579 e. The van der Waals surface area contributed by atoms with Crippen LogP contribution < -0.4 is 0 Å². The summed E-state index contributed by atoms with van der Waals surface area (Å²) in [5.74, 6) is 0. The van der Waals surface area contributed by atoms with E-state index >= 15 is 0 Å². The molecule has 0 amide bonds. The molecular formula is H5ClCuO3. The molecule has 0 aromatic rings. The Bertz CT molecular complexity index is 6.85. The molecule has 5 heteroatoms. The Hall–Kier alpha value is 0.689. The normalized spacial score (nSPS) is 1.20. The van der Waals surface area contributed by atoms with Gasteiger partial charge < -0.3 is 11.0 Å². The van der Waals surface area contributed by atoms with E-state index < -0.39 is 0 Å². The van der Waals surface area contributed by atoms with Gasteiger partial charge in [-0.15, -0.1) is 0 Å². The third-order valence-electron chi connectivity index (χ3n) is 0. The number of hydrogen-bond donors (Lipinski definition) is 1. The summed E-state index contributed by atoms with van der Waals surface area (Å²) in [4.78, 5) is 0. The van der Waals surface area contributed by atoms with Gasteiger partial charge in [0.05, 0.1) is 11.9 Å². The summed E-state index contributed by atoms with van der Waals surface area (Å²) in [5.41, 5.74) is 0. The van der Waals surface area contributed by atoms with Crippen molar-refractivity contribution < 1.29 is 32.7 Å². The van der Waals surface area contributed by atoms with Crippen molar-refractivity contribution in [1.82, 2.24) is 0 Å². The molecule has 1 radical (unpaired) electrons. The first-order valence-corrected chi connectivity index (χ1v) is 0.507. The molecule has 0 aromatic carbocycles. The second-order valence-electron chi connectivity index (χ2n) is 0. The summed E-state index contributed by atoms with van der Waals surface area (Å²) >= 11 is 3.64. The fourth-order valence-corrected chi connectivity index (χ4v) is 0. The van der Waals surface area contributed by atoms with Crippen LogP contribution in [0.15, 0.2) is 0 Å². The number of rotatable bonds is 0. The second kappa shape index (κ2) is 134. The van der Waals surface area contributed by atoms with E-state index in [0.717, 1.165) is 0 Å². The molecule has 5 heavy (non-hydrogen) atoms. The topological polar surface area (TPSA) is 83.2 Å². The van der Waals surface area contributed by atoms with Crippen molar-refractivity contribution >= 4 is 11.9 Å². The summed E-state index contributed by atoms with van der Waals surface area (Å²) in [6.45, 7) is 0. The monoisotopic (exact) mass is 151 g/mol. The Labute approximate surface area is 45.2 Å². The number of hydrogen-bond acceptors (Lipinski definition) is 1. The Morgan fingerprint density at radius 3 is 1.00 bits per heavy atom. The summed E-state index contributed by atoms with van der Waals surface area (Å²) in [7, 11) is 0. The SMILES string of the molecule is O.O.OCl.[Cu]. The Morgan fingerprint density at radius 2 is 1.00 bits per heavy atom. The molecule has 0 heterocycles. The standard InChI is InChI=1S/ClHO.Cu.2H2O/c1-2;;;/h2H;;2*1H2. The van der Waals surface area contributed by atoms with E-state index in [1.54, 1.807) is 0 Å². The molecule has 0 rings (SSSR count). The minimum atomic E-state index is 0. The Kier molecular flexibility index (Phi) is 1180. The van der Waals surface area contributed by atoms with Crippen LogP contribution in [-0.2, 0) is 17.1 Å². The fraction of sp³-hybridized carbons (Fsp3) is 0. The summed E-state index contributed by atoms with van der Waals surface area (Å²) in [5, 5.41) is 0. The molecule has 0 saturated heterocycles. The molecule has 3 nitrogen and oxygen atoms in total. The van der Waals surface area contributed by atoms with Crippen LogP contribution in [0.4, 0.5) is 0 Å². The van der Waals surface area contributed by atoms with Crippen molar-refractivity contribution in [3.63, 3.8) is 0 Å². The van der Waals surface area contributed by atoms with Gasteiger partial charge in [-0.05, 0) is 0 Å². The molecule has 5 N–H and O–H groups in total. The second-order valence-corrected chi connectivity index (χ2v) is 0. The predicted molar refractivity (Wildman–Crippen MR) is 15.3 cm³/mol. The van der Waals surface area contributed by atoms with Gasteiger partial charge in [0.2, 0.25) is 0 Å². The Balaban J connectivity index is -0.00000000167. The molecule has 0 spiro atoms. The molecule has 0 aliphatic carbocycles.